The summed E-state index contributed by atoms with van der Waals surface area (Å²) < 4.78 is 13.0. The van der Waals surface area contributed by atoms with Crippen molar-refractivity contribution in [2.75, 3.05) is 33.2 Å². The summed E-state index contributed by atoms with van der Waals surface area (Å²) in [5.41, 5.74) is 3.16. The number of hydrogen-bond acceptors (Lipinski definition) is 3. The SMILES string of the molecule is CN1CCN(CCCC(=O)c2ccc(F)cc2)CC1Cc1c[nH]c2ccccc12. The highest BCUT2D eigenvalue weighted by atomic mass is 19.1. The molecule has 1 aromatic heterocycles. The van der Waals surface area contributed by atoms with Gasteiger partial charge in [0.15, 0.2) is 5.78 Å². The zero-order valence-electron chi connectivity index (χ0n) is 16.9. The summed E-state index contributed by atoms with van der Waals surface area (Å²) in [7, 11) is 2.20. The number of Topliss-reactive ketones (excluding diaryl/α,β-unsaturated/α-hetero) is 1. The lowest BCUT2D eigenvalue weighted by molar-refractivity contribution is 0.0889. The number of piperazine rings is 1. The molecule has 4 nitrogen and oxygen atoms in total. The standard InChI is InChI=1S/C24H28FN3O/c1-27-13-14-28(12-4-7-24(29)18-8-10-20(25)11-9-18)17-21(27)15-19-16-26-23-6-3-2-5-22(19)23/h2-3,5-6,8-11,16,21,26H,4,7,12-15,17H2,1H3. The molecule has 0 bridgehead atoms. The molecule has 1 saturated heterocycles. The topological polar surface area (TPSA) is 39.3 Å². The lowest BCUT2D eigenvalue weighted by Crippen LogP contribution is -2.52. The van der Waals surface area contributed by atoms with E-state index in [1.54, 1.807) is 12.1 Å². The molecule has 5 heteroatoms. The minimum Gasteiger partial charge on any atom is -0.361 e. The molecule has 1 aliphatic rings. The van der Waals surface area contributed by atoms with Crippen LogP contribution in [0.15, 0.2) is 54.7 Å². The molecule has 4 rings (SSSR count). The molecule has 1 atom stereocenters. The average molecular weight is 394 g/mol. The number of nitrogens with one attached hydrogen (secondary N) is 1. The normalized spacial score (nSPS) is 18.3. The molecular weight excluding hydrogens is 365 g/mol. The van der Waals surface area contributed by atoms with Gasteiger partial charge in [0.05, 0.1) is 0 Å². The maximum absolute atomic E-state index is 13.0. The molecule has 1 unspecified atom stereocenters. The number of hydrogen-bond donors (Lipinski definition) is 1. The van der Waals surface area contributed by atoms with Crippen LogP contribution in [0.3, 0.4) is 0 Å². The van der Waals surface area contributed by atoms with Crippen molar-refractivity contribution >= 4 is 16.7 Å². The molecule has 29 heavy (non-hydrogen) atoms. The first-order chi connectivity index (χ1) is 14.1. The van der Waals surface area contributed by atoms with Crippen molar-refractivity contribution in [3.05, 3.63) is 71.7 Å². The molecular formula is C24H28FN3O. The van der Waals surface area contributed by atoms with E-state index in [9.17, 15) is 9.18 Å². The summed E-state index contributed by atoms with van der Waals surface area (Å²) in [6.45, 7) is 4.01. The highest BCUT2D eigenvalue weighted by Crippen LogP contribution is 2.22. The quantitative estimate of drug-likeness (QED) is 0.614. The van der Waals surface area contributed by atoms with Gasteiger partial charge < -0.3 is 14.8 Å². The van der Waals surface area contributed by atoms with E-state index in [1.165, 1.54) is 28.6 Å². The Morgan fingerprint density at radius 2 is 1.93 bits per heavy atom. The van der Waals surface area contributed by atoms with Gasteiger partial charge in [-0.1, -0.05) is 18.2 Å². The van der Waals surface area contributed by atoms with Gasteiger partial charge in [-0.25, -0.2) is 4.39 Å². The van der Waals surface area contributed by atoms with E-state index in [2.05, 4.69) is 52.3 Å². The van der Waals surface area contributed by atoms with Gasteiger partial charge >= 0.3 is 0 Å². The van der Waals surface area contributed by atoms with Crippen LogP contribution < -0.4 is 0 Å². The fourth-order valence-corrected chi connectivity index (χ4v) is 4.23. The van der Waals surface area contributed by atoms with E-state index in [0.717, 1.165) is 39.0 Å². The molecule has 0 radical (unpaired) electrons. The Hall–Kier alpha value is -2.50. The second kappa shape index (κ2) is 8.89. The number of fused-ring (bicyclic) bond motifs is 1. The lowest BCUT2D eigenvalue weighted by Gasteiger charge is -2.39. The molecule has 0 amide bonds. The summed E-state index contributed by atoms with van der Waals surface area (Å²) >= 11 is 0. The number of H-pyrrole nitrogens is 1. The number of aromatic nitrogens is 1. The van der Waals surface area contributed by atoms with Crippen molar-refractivity contribution in [1.29, 1.82) is 0 Å². The Balaban J connectivity index is 1.30. The molecule has 2 aromatic carbocycles. The highest BCUT2D eigenvalue weighted by Gasteiger charge is 2.25. The Morgan fingerprint density at radius 1 is 1.14 bits per heavy atom. The Kier molecular flexibility index (Phi) is 6.07. The van der Waals surface area contributed by atoms with Crippen LogP contribution in [0, 0.1) is 5.82 Å². The summed E-state index contributed by atoms with van der Waals surface area (Å²) in [6.07, 6.45) is 4.50. The number of benzene rings is 2. The first-order valence-corrected chi connectivity index (χ1v) is 10.4. The van der Waals surface area contributed by atoms with E-state index in [4.69, 9.17) is 0 Å². The van der Waals surface area contributed by atoms with Gasteiger partial charge in [0.2, 0.25) is 0 Å². The van der Waals surface area contributed by atoms with Crippen LogP contribution in [0.1, 0.15) is 28.8 Å². The van der Waals surface area contributed by atoms with E-state index >= 15 is 0 Å². The number of carbonyl (C=O) groups excluding carboxylic acids is 1. The van der Waals surface area contributed by atoms with Crippen LogP contribution in [0.25, 0.3) is 10.9 Å². The predicted octanol–water partition coefficient (Wildman–Crippen LogP) is 4.13. The van der Waals surface area contributed by atoms with Gasteiger partial charge in [0.25, 0.3) is 0 Å². The number of aromatic amines is 1. The van der Waals surface area contributed by atoms with E-state index in [1.807, 2.05) is 0 Å². The Bertz CT molecular complexity index is 966. The fraction of sp³-hybridized carbons (Fsp3) is 0.375. The first-order valence-electron chi connectivity index (χ1n) is 10.4. The fourth-order valence-electron chi connectivity index (χ4n) is 4.23. The summed E-state index contributed by atoms with van der Waals surface area (Å²) in [6, 6.07) is 14.8. The zero-order valence-corrected chi connectivity index (χ0v) is 16.9. The van der Waals surface area contributed by atoms with Crippen LogP contribution in [0.2, 0.25) is 0 Å². The molecule has 0 aliphatic carbocycles. The van der Waals surface area contributed by atoms with Crippen molar-refractivity contribution < 1.29 is 9.18 Å². The minimum atomic E-state index is -0.305. The number of nitrogens with zero attached hydrogens (tertiary/aromatic N) is 2. The third-order valence-corrected chi connectivity index (χ3v) is 6.04. The number of likely N-dealkylation sites (N-methyl/N-ethyl adjacent to an activating group) is 1. The van der Waals surface area contributed by atoms with Crippen LogP contribution >= 0.6 is 0 Å². The second-order valence-corrected chi connectivity index (χ2v) is 8.03. The highest BCUT2D eigenvalue weighted by molar-refractivity contribution is 5.95. The minimum absolute atomic E-state index is 0.0921. The molecule has 2 heterocycles. The van der Waals surface area contributed by atoms with Crippen molar-refractivity contribution in [2.45, 2.75) is 25.3 Å². The first kappa shape index (κ1) is 19.8. The number of carbonyl (C=O) groups is 1. The monoisotopic (exact) mass is 393 g/mol. The number of ketones is 1. The lowest BCUT2D eigenvalue weighted by atomic mass is 10.0. The van der Waals surface area contributed by atoms with E-state index in [-0.39, 0.29) is 11.6 Å². The van der Waals surface area contributed by atoms with E-state index in [0.29, 0.717) is 18.0 Å². The number of para-hydroxylation sites is 1. The largest absolute Gasteiger partial charge is 0.361 e. The molecule has 1 aliphatic heterocycles. The summed E-state index contributed by atoms with van der Waals surface area (Å²) in [5.74, 6) is -0.213. The van der Waals surface area contributed by atoms with Crippen molar-refractivity contribution in [3.63, 3.8) is 0 Å². The molecule has 1 N–H and O–H groups in total. The molecule has 0 saturated carbocycles. The molecule has 0 spiro atoms. The van der Waals surface area contributed by atoms with Crippen LogP contribution in [0.4, 0.5) is 4.39 Å². The smallest absolute Gasteiger partial charge is 0.162 e. The van der Waals surface area contributed by atoms with Gasteiger partial charge in [-0.05, 0) is 62.3 Å². The number of rotatable bonds is 7. The second-order valence-electron chi connectivity index (χ2n) is 8.03. The van der Waals surface area contributed by atoms with Gasteiger partial charge in [-0.3, -0.25) is 4.79 Å². The zero-order chi connectivity index (χ0) is 20.2. The summed E-state index contributed by atoms with van der Waals surface area (Å²) in [5, 5.41) is 1.31. The Labute approximate surface area is 171 Å². The van der Waals surface area contributed by atoms with E-state index < -0.39 is 0 Å². The van der Waals surface area contributed by atoms with Crippen LogP contribution in [-0.2, 0) is 6.42 Å². The number of halogens is 1. The third kappa shape index (κ3) is 4.74. The van der Waals surface area contributed by atoms with Gasteiger partial charge in [0.1, 0.15) is 5.82 Å². The van der Waals surface area contributed by atoms with Crippen molar-refractivity contribution in [2.24, 2.45) is 0 Å². The van der Waals surface area contributed by atoms with Gasteiger partial charge in [0, 0.05) is 54.8 Å². The van der Waals surface area contributed by atoms with Gasteiger partial charge in [-0.2, -0.15) is 0 Å². The third-order valence-electron chi connectivity index (χ3n) is 6.04. The van der Waals surface area contributed by atoms with Gasteiger partial charge in [-0.15, -0.1) is 0 Å². The van der Waals surface area contributed by atoms with Crippen LogP contribution in [0.5, 0.6) is 0 Å². The van der Waals surface area contributed by atoms with Crippen LogP contribution in [-0.4, -0.2) is 59.8 Å². The van der Waals surface area contributed by atoms with Crippen molar-refractivity contribution in [3.8, 4) is 0 Å². The van der Waals surface area contributed by atoms with Crippen molar-refractivity contribution in [1.82, 2.24) is 14.8 Å². The molecule has 152 valence electrons. The maximum atomic E-state index is 13.0. The maximum Gasteiger partial charge on any atom is 0.162 e. The molecule has 3 aromatic rings. The Morgan fingerprint density at radius 3 is 2.76 bits per heavy atom. The molecule has 1 fully saturated rings. The average Bonchev–Trinajstić information content (AvgIpc) is 3.14. The predicted molar refractivity (Wildman–Crippen MR) is 115 cm³/mol. The summed E-state index contributed by atoms with van der Waals surface area (Å²) in [4.78, 5) is 20.6.